The average Bonchev–Trinajstić information content (AvgIpc) is 2.98. The van der Waals surface area contributed by atoms with E-state index in [2.05, 4.69) is 20.7 Å². The fourth-order valence-corrected chi connectivity index (χ4v) is 2.32. The summed E-state index contributed by atoms with van der Waals surface area (Å²) in [6.45, 7) is 1.22. The molecule has 0 saturated carbocycles. The lowest BCUT2D eigenvalue weighted by atomic mass is 10.4. The number of nitrogens with zero attached hydrogens (tertiary/aromatic N) is 4. The first-order valence-electron chi connectivity index (χ1n) is 6.44. The number of aliphatic imine (C=N–C) groups is 1. The van der Waals surface area contributed by atoms with Crippen LogP contribution in [0.15, 0.2) is 23.3 Å². The van der Waals surface area contributed by atoms with Gasteiger partial charge in [0.2, 0.25) is 0 Å². The lowest BCUT2D eigenvalue weighted by Gasteiger charge is -2.12. The van der Waals surface area contributed by atoms with Gasteiger partial charge in [-0.2, -0.15) is 5.10 Å². The van der Waals surface area contributed by atoms with Gasteiger partial charge in [0.05, 0.1) is 23.8 Å². The maximum absolute atomic E-state index is 6.04. The van der Waals surface area contributed by atoms with Gasteiger partial charge in [-0.1, -0.05) is 23.2 Å². The van der Waals surface area contributed by atoms with Crippen molar-refractivity contribution >= 4 is 29.2 Å². The lowest BCUT2D eigenvalue weighted by Crippen LogP contribution is -2.37. The molecule has 2 aromatic rings. The van der Waals surface area contributed by atoms with Crippen LogP contribution in [0.1, 0.15) is 11.4 Å². The molecule has 0 radical (unpaired) electrons. The largest absolute Gasteiger partial charge is 0.351 e. The van der Waals surface area contributed by atoms with E-state index in [0.29, 0.717) is 29.2 Å². The number of halogens is 2. The molecule has 8 heteroatoms. The van der Waals surface area contributed by atoms with E-state index in [1.807, 2.05) is 35.5 Å². The van der Waals surface area contributed by atoms with Crippen molar-refractivity contribution in [1.29, 1.82) is 0 Å². The third-order valence-corrected chi connectivity index (χ3v) is 4.08. The Labute approximate surface area is 133 Å². The molecule has 0 atom stereocenters. The highest BCUT2D eigenvalue weighted by atomic mass is 35.5. The SMILES string of the molecule is CN=C(NCc1ccnn1C)NCc1cc(Cl)c(Cl)n1C. The second-order valence-corrected chi connectivity index (χ2v) is 5.32. The van der Waals surface area contributed by atoms with Crippen LogP contribution in [-0.2, 0) is 27.2 Å². The molecule has 2 aromatic heterocycles. The van der Waals surface area contributed by atoms with Crippen LogP contribution in [0.5, 0.6) is 0 Å². The third-order valence-electron chi connectivity index (χ3n) is 3.24. The molecular weight excluding hydrogens is 311 g/mol. The summed E-state index contributed by atoms with van der Waals surface area (Å²) in [5.41, 5.74) is 2.05. The summed E-state index contributed by atoms with van der Waals surface area (Å²) in [6.07, 6.45) is 1.77. The molecule has 0 amide bonds. The Morgan fingerprint density at radius 1 is 1.24 bits per heavy atom. The number of guanidine groups is 1. The van der Waals surface area contributed by atoms with Gasteiger partial charge in [0.25, 0.3) is 0 Å². The van der Waals surface area contributed by atoms with Crippen LogP contribution in [0.25, 0.3) is 0 Å². The van der Waals surface area contributed by atoms with Crippen LogP contribution in [-0.4, -0.2) is 27.4 Å². The normalized spacial score (nSPS) is 11.8. The molecule has 114 valence electrons. The summed E-state index contributed by atoms with van der Waals surface area (Å²) in [5, 5.41) is 11.7. The first-order valence-corrected chi connectivity index (χ1v) is 7.19. The second-order valence-electron chi connectivity index (χ2n) is 4.56. The standard InChI is InChI=1S/C13H18Cl2N6/c1-16-13(17-7-9-4-5-19-21(9)3)18-8-10-6-11(14)12(15)20(10)2/h4-6H,7-8H2,1-3H3,(H2,16,17,18). The van der Waals surface area contributed by atoms with Gasteiger partial charge in [-0.15, -0.1) is 0 Å². The Balaban J connectivity index is 1.91. The van der Waals surface area contributed by atoms with Crippen molar-refractivity contribution in [2.24, 2.45) is 19.1 Å². The smallest absolute Gasteiger partial charge is 0.191 e. The van der Waals surface area contributed by atoms with Crippen LogP contribution < -0.4 is 10.6 Å². The number of aryl methyl sites for hydroxylation is 1. The fourth-order valence-electron chi connectivity index (χ4n) is 1.90. The van der Waals surface area contributed by atoms with E-state index < -0.39 is 0 Å². The first kappa shape index (κ1) is 15.7. The number of aromatic nitrogens is 3. The Morgan fingerprint density at radius 3 is 2.38 bits per heavy atom. The zero-order valence-electron chi connectivity index (χ0n) is 12.2. The van der Waals surface area contributed by atoms with Crippen molar-refractivity contribution in [3.05, 3.63) is 39.9 Å². The number of nitrogens with one attached hydrogen (secondary N) is 2. The maximum Gasteiger partial charge on any atom is 0.191 e. The monoisotopic (exact) mass is 328 g/mol. The van der Waals surface area contributed by atoms with E-state index in [1.165, 1.54) is 0 Å². The van der Waals surface area contributed by atoms with Crippen molar-refractivity contribution in [2.45, 2.75) is 13.1 Å². The predicted molar refractivity (Wildman–Crippen MR) is 85.7 cm³/mol. The third kappa shape index (κ3) is 3.71. The van der Waals surface area contributed by atoms with Gasteiger partial charge in [-0.25, -0.2) is 0 Å². The van der Waals surface area contributed by atoms with Gasteiger partial charge in [-0.05, 0) is 12.1 Å². The molecule has 2 heterocycles. The summed E-state index contributed by atoms with van der Waals surface area (Å²) in [6, 6.07) is 3.79. The molecule has 0 spiro atoms. The van der Waals surface area contributed by atoms with Crippen molar-refractivity contribution in [3.63, 3.8) is 0 Å². The molecule has 0 fully saturated rings. The van der Waals surface area contributed by atoms with Gasteiger partial charge in [0, 0.05) is 33.0 Å². The summed E-state index contributed by atoms with van der Waals surface area (Å²) < 4.78 is 3.66. The van der Waals surface area contributed by atoms with E-state index in [0.717, 1.165) is 11.4 Å². The summed E-state index contributed by atoms with van der Waals surface area (Å²) in [5.74, 6) is 0.699. The van der Waals surface area contributed by atoms with E-state index in [-0.39, 0.29) is 0 Å². The van der Waals surface area contributed by atoms with Gasteiger partial charge < -0.3 is 15.2 Å². The number of hydrogen-bond acceptors (Lipinski definition) is 2. The molecule has 2 rings (SSSR count). The van der Waals surface area contributed by atoms with Crippen LogP contribution in [0.2, 0.25) is 10.2 Å². The van der Waals surface area contributed by atoms with Crippen molar-refractivity contribution in [2.75, 3.05) is 7.05 Å². The number of hydrogen-bond donors (Lipinski definition) is 2. The minimum absolute atomic E-state index is 0.534. The first-order chi connectivity index (χ1) is 10.0. The molecule has 0 aliphatic carbocycles. The highest BCUT2D eigenvalue weighted by Crippen LogP contribution is 2.24. The van der Waals surface area contributed by atoms with Gasteiger partial charge in [-0.3, -0.25) is 9.67 Å². The van der Waals surface area contributed by atoms with Crippen molar-refractivity contribution in [1.82, 2.24) is 25.0 Å². The van der Waals surface area contributed by atoms with E-state index in [1.54, 1.807) is 13.2 Å². The Bertz CT molecular complexity index is 643. The molecule has 2 N–H and O–H groups in total. The van der Waals surface area contributed by atoms with Crippen molar-refractivity contribution < 1.29 is 0 Å². The minimum Gasteiger partial charge on any atom is -0.351 e. The second kappa shape index (κ2) is 6.87. The predicted octanol–water partition coefficient (Wildman–Crippen LogP) is 1.93. The molecule has 21 heavy (non-hydrogen) atoms. The van der Waals surface area contributed by atoms with E-state index >= 15 is 0 Å². The van der Waals surface area contributed by atoms with Gasteiger partial charge in [0.15, 0.2) is 5.96 Å². The molecule has 0 aliphatic heterocycles. The Kier molecular flexibility index (Phi) is 5.14. The summed E-state index contributed by atoms with van der Waals surface area (Å²) in [4.78, 5) is 4.18. The average molecular weight is 329 g/mol. The molecule has 0 aliphatic rings. The quantitative estimate of drug-likeness (QED) is 0.666. The van der Waals surface area contributed by atoms with E-state index in [4.69, 9.17) is 23.2 Å². The Morgan fingerprint density at radius 2 is 1.90 bits per heavy atom. The fraction of sp³-hybridized carbons (Fsp3) is 0.385. The topological polar surface area (TPSA) is 59.2 Å². The molecule has 0 aromatic carbocycles. The van der Waals surface area contributed by atoms with Gasteiger partial charge in [0.1, 0.15) is 5.15 Å². The van der Waals surface area contributed by atoms with Crippen LogP contribution in [0, 0.1) is 0 Å². The zero-order valence-corrected chi connectivity index (χ0v) is 13.7. The minimum atomic E-state index is 0.534. The van der Waals surface area contributed by atoms with E-state index in [9.17, 15) is 0 Å². The molecule has 0 unspecified atom stereocenters. The summed E-state index contributed by atoms with van der Waals surface area (Å²) >= 11 is 12.0. The van der Waals surface area contributed by atoms with Gasteiger partial charge >= 0.3 is 0 Å². The van der Waals surface area contributed by atoms with Crippen LogP contribution in [0.3, 0.4) is 0 Å². The number of rotatable bonds is 4. The molecule has 0 saturated heterocycles. The molecular formula is C13H18Cl2N6. The van der Waals surface area contributed by atoms with Crippen molar-refractivity contribution in [3.8, 4) is 0 Å². The zero-order chi connectivity index (χ0) is 15.4. The lowest BCUT2D eigenvalue weighted by molar-refractivity contribution is 0.681. The highest BCUT2D eigenvalue weighted by molar-refractivity contribution is 6.41. The van der Waals surface area contributed by atoms with Crippen LogP contribution in [0.4, 0.5) is 0 Å². The highest BCUT2D eigenvalue weighted by Gasteiger charge is 2.09. The summed E-state index contributed by atoms with van der Waals surface area (Å²) in [7, 11) is 5.50. The molecule has 0 bridgehead atoms. The van der Waals surface area contributed by atoms with Crippen LogP contribution >= 0.6 is 23.2 Å². The maximum atomic E-state index is 6.04. The Hall–Kier alpha value is -1.66. The molecule has 6 nitrogen and oxygen atoms in total.